The minimum absolute atomic E-state index is 0.00862. The Kier molecular flexibility index (Phi) is 5.17. The second-order valence-corrected chi connectivity index (χ2v) is 6.59. The molecule has 96 valence electrons. The third-order valence-electron chi connectivity index (χ3n) is 3.21. The predicted octanol–water partition coefficient (Wildman–Crippen LogP) is 0.0681. The van der Waals surface area contributed by atoms with Crippen LogP contribution in [0, 0.1) is 5.92 Å². The average Bonchev–Trinajstić information content (AvgIpc) is 2.64. The zero-order valence-corrected chi connectivity index (χ0v) is 10.8. The van der Waals surface area contributed by atoms with Crippen molar-refractivity contribution in [2.24, 2.45) is 11.7 Å². The van der Waals surface area contributed by atoms with Crippen LogP contribution >= 0.6 is 0 Å². The molecule has 1 rings (SSSR count). The summed E-state index contributed by atoms with van der Waals surface area (Å²) >= 11 is 0. The van der Waals surface area contributed by atoms with Crippen molar-refractivity contribution in [1.29, 1.82) is 0 Å². The fourth-order valence-electron chi connectivity index (χ4n) is 2.13. The van der Waals surface area contributed by atoms with Gasteiger partial charge in [-0.2, -0.15) is 0 Å². The van der Waals surface area contributed by atoms with Crippen molar-refractivity contribution in [3.63, 3.8) is 0 Å². The van der Waals surface area contributed by atoms with Gasteiger partial charge >= 0.3 is 0 Å². The van der Waals surface area contributed by atoms with Crippen LogP contribution in [0.4, 0.5) is 0 Å². The molecule has 0 aromatic rings. The van der Waals surface area contributed by atoms with Crippen LogP contribution in [-0.4, -0.2) is 40.0 Å². The SMILES string of the molecule is COCC(C)S(=O)(=O)NC1CCCC1CN. The van der Waals surface area contributed by atoms with Crippen LogP contribution in [-0.2, 0) is 14.8 Å². The van der Waals surface area contributed by atoms with E-state index < -0.39 is 15.3 Å². The number of ether oxygens (including phenoxy) is 1. The van der Waals surface area contributed by atoms with E-state index in [1.807, 2.05) is 0 Å². The minimum Gasteiger partial charge on any atom is -0.383 e. The fourth-order valence-corrected chi connectivity index (χ4v) is 3.41. The van der Waals surface area contributed by atoms with E-state index in [4.69, 9.17) is 10.5 Å². The van der Waals surface area contributed by atoms with Crippen molar-refractivity contribution in [3.05, 3.63) is 0 Å². The van der Waals surface area contributed by atoms with E-state index in [2.05, 4.69) is 4.72 Å². The molecule has 0 radical (unpaired) electrons. The molecule has 16 heavy (non-hydrogen) atoms. The summed E-state index contributed by atoms with van der Waals surface area (Å²) in [6.45, 7) is 2.42. The first-order valence-corrected chi connectivity index (χ1v) is 7.26. The molecule has 0 heterocycles. The highest BCUT2D eigenvalue weighted by Crippen LogP contribution is 2.25. The number of hydrogen-bond donors (Lipinski definition) is 2. The number of nitrogens with one attached hydrogen (secondary N) is 1. The summed E-state index contributed by atoms with van der Waals surface area (Å²) in [6, 6.07) is 0.00862. The summed E-state index contributed by atoms with van der Waals surface area (Å²) in [4.78, 5) is 0. The van der Waals surface area contributed by atoms with Crippen molar-refractivity contribution in [2.75, 3.05) is 20.3 Å². The molecule has 1 saturated carbocycles. The van der Waals surface area contributed by atoms with Gasteiger partial charge < -0.3 is 10.5 Å². The van der Waals surface area contributed by atoms with E-state index in [0.29, 0.717) is 6.54 Å². The Hall–Kier alpha value is -0.170. The average molecular weight is 250 g/mol. The van der Waals surface area contributed by atoms with E-state index >= 15 is 0 Å². The summed E-state index contributed by atoms with van der Waals surface area (Å²) in [5, 5.41) is -0.517. The van der Waals surface area contributed by atoms with Crippen LogP contribution in [0.3, 0.4) is 0 Å². The van der Waals surface area contributed by atoms with Gasteiger partial charge in [-0.15, -0.1) is 0 Å². The molecule has 0 amide bonds. The summed E-state index contributed by atoms with van der Waals surface area (Å²) < 4.78 is 31.4. The Balaban J connectivity index is 2.58. The number of rotatable bonds is 6. The van der Waals surface area contributed by atoms with Gasteiger partial charge in [0.25, 0.3) is 0 Å². The van der Waals surface area contributed by atoms with Crippen LogP contribution in [0.1, 0.15) is 26.2 Å². The normalized spacial score (nSPS) is 28.2. The monoisotopic (exact) mass is 250 g/mol. The molecular weight excluding hydrogens is 228 g/mol. The van der Waals surface area contributed by atoms with Crippen molar-refractivity contribution in [1.82, 2.24) is 4.72 Å². The van der Waals surface area contributed by atoms with Gasteiger partial charge in [0.05, 0.1) is 11.9 Å². The summed E-state index contributed by atoms with van der Waals surface area (Å²) in [5.74, 6) is 0.282. The van der Waals surface area contributed by atoms with E-state index in [0.717, 1.165) is 19.3 Å². The second-order valence-electron chi connectivity index (χ2n) is 4.46. The van der Waals surface area contributed by atoms with Gasteiger partial charge in [-0.1, -0.05) is 6.42 Å². The maximum atomic E-state index is 11.9. The quantitative estimate of drug-likeness (QED) is 0.699. The number of sulfonamides is 1. The van der Waals surface area contributed by atoms with E-state index in [1.54, 1.807) is 6.92 Å². The molecule has 0 spiro atoms. The minimum atomic E-state index is -3.28. The van der Waals surface area contributed by atoms with Gasteiger partial charge in [0.15, 0.2) is 0 Å². The first-order valence-electron chi connectivity index (χ1n) is 5.71. The molecule has 0 saturated heterocycles. The molecule has 1 aliphatic rings. The third kappa shape index (κ3) is 3.41. The third-order valence-corrected chi connectivity index (χ3v) is 5.04. The maximum Gasteiger partial charge on any atom is 0.216 e. The molecule has 6 heteroatoms. The van der Waals surface area contributed by atoms with Crippen LogP contribution in [0.2, 0.25) is 0 Å². The van der Waals surface area contributed by atoms with Gasteiger partial charge in [0.2, 0.25) is 10.0 Å². The molecule has 1 fully saturated rings. The van der Waals surface area contributed by atoms with Gasteiger partial charge in [-0.3, -0.25) is 0 Å². The van der Waals surface area contributed by atoms with Gasteiger partial charge in [-0.05, 0) is 32.2 Å². The standard InChI is InChI=1S/C10H22N2O3S/c1-8(7-15-2)16(13,14)12-10-5-3-4-9(10)6-11/h8-10,12H,3-7,11H2,1-2H3. The van der Waals surface area contributed by atoms with Crippen LogP contribution in [0.5, 0.6) is 0 Å². The molecule has 3 unspecified atom stereocenters. The molecular formula is C10H22N2O3S. The maximum absolute atomic E-state index is 11.9. The zero-order valence-electron chi connectivity index (χ0n) is 9.98. The lowest BCUT2D eigenvalue weighted by Gasteiger charge is -2.21. The Morgan fingerprint density at radius 2 is 2.19 bits per heavy atom. The Labute approximate surface area is 97.8 Å². The topological polar surface area (TPSA) is 81.4 Å². The first kappa shape index (κ1) is 13.9. The lowest BCUT2D eigenvalue weighted by atomic mass is 10.1. The summed E-state index contributed by atoms with van der Waals surface area (Å²) in [5.41, 5.74) is 5.62. The van der Waals surface area contributed by atoms with Gasteiger partial charge in [-0.25, -0.2) is 13.1 Å². The van der Waals surface area contributed by atoms with Gasteiger partial charge in [0, 0.05) is 13.2 Å². The largest absolute Gasteiger partial charge is 0.383 e. The predicted molar refractivity (Wildman–Crippen MR) is 63.6 cm³/mol. The molecule has 3 atom stereocenters. The molecule has 0 aliphatic heterocycles. The van der Waals surface area contributed by atoms with Crippen LogP contribution in [0.15, 0.2) is 0 Å². The van der Waals surface area contributed by atoms with Crippen molar-refractivity contribution < 1.29 is 13.2 Å². The lowest BCUT2D eigenvalue weighted by molar-refractivity contribution is 0.200. The van der Waals surface area contributed by atoms with E-state index in [1.165, 1.54) is 7.11 Å². The molecule has 0 aromatic carbocycles. The number of hydrogen-bond acceptors (Lipinski definition) is 4. The lowest BCUT2D eigenvalue weighted by Crippen LogP contribution is -2.44. The Morgan fingerprint density at radius 1 is 1.50 bits per heavy atom. The highest BCUT2D eigenvalue weighted by Gasteiger charge is 2.31. The number of methoxy groups -OCH3 is 1. The molecule has 3 N–H and O–H groups in total. The van der Waals surface area contributed by atoms with Crippen LogP contribution in [0.25, 0.3) is 0 Å². The highest BCUT2D eigenvalue weighted by molar-refractivity contribution is 7.90. The smallest absolute Gasteiger partial charge is 0.216 e. The summed E-state index contributed by atoms with van der Waals surface area (Å²) in [6.07, 6.45) is 2.96. The second kappa shape index (κ2) is 5.95. The van der Waals surface area contributed by atoms with Crippen LogP contribution < -0.4 is 10.5 Å². The first-order chi connectivity index (χ1) is 7.51. The van der Waals surface area contributed by atoms with Gasteiger partial charge in [0.1, 0.15) is 0 Å². The van der Waals surface area contributed by atoms with Crippen molar-refractivity contribution in [2.45, 2.75) is 37.5 Å². The van der Waals surface area contributed by atoms with Crippen molar-refractivity contribution >= 4 is 10.0 Å². The van der Waals surface area contributed by atoms with Crippen molar-refractivity contribution in [3.8, 4) is 0 Å². The fraction of sp³-hybridized carbons (Fsp3) is 1.00. The van der Waals surface area contributed by atoms with E-state index in [-0.39, 0.29) is 18.6 Å². The highest BCUT2D eigenvalue weighted by atomic mass is 32.2. The molecule has 5 nitrogen and oxygen atoms in total. The molecule has 0 bridgehead atoms. The summed E-state index contributed by atoms with van der Waals surface area (Å²) in [7, 11) is -1.78. The molecule has 0 aromatic heterocycles. The zero-order chi connectivity index (χ0) is 12.2. The Bertz CT molecular complexity index is 305. The number of nitrogens with two attached hydrogens (primary N) is 1. The Morgan fingerprint density at radius 3 is 2.75 bits per heavy atom. The molecule has 1 aliphatic carbocycles. The van der Waals surface area contributed by atoms with E-state index in [9.17, 15) is 8.42 Å².